The van der Waals surface area contributed by atoms with Gasteiger partial charge in [0.15, 0.2) is 0 Å². The van der Waals surface area contributed by atoms with Crippen LogP contribution in [0, 0.1) is 0 Å². The monoisotopic (exact) mass is 475 g/mol. The fourth-order valence-electron chi connectivity index (χ4n) is 3.62. The highest BCUT2D eigenvalue weighted by atomic mass is 32.1. The van der Waals surface area contributed by atoms with Gasteiger partial charge in [-0.1, -0.05) is 6.07 Å². The molecular weight excluding hydrogens is 446 g/mol. The Labute approximate surface area is 197 Å². The first kappa shape index (κ1) is 24.7. The molecule has 33 heavy (non-hydrogen) atoms. The van der Waals surface area contributed by atoms with Crippen LogP contribution in [0.1, 0.15) is 22.9 Å². The quantitative estimate of drug-likeness (QED) is 0.496. The standard InChI is InChI=1S/C23H29N3O6S/c1-29-10-9-25(23(28)15-30-2)14-22(27)26-19(13-18(24-26)21-6-5-11-33-21)17-12-16(31-3)7-8-20(17)32-4/h5-8,11-12,19H,9-10,13-15H2,1-4H3. The largest absolute Gasteiger partial charge is 0.497 e. The van der Waals surface area contributed by atoms with E-state index in [1.165, 1.54) is 17.0 Å². The van der Waals surface area contributed by atoms with Crippen LogP contribution in [0.5, 0.6) is 11.5 Å². The lowest BCUT2D eigenvalue weighted by Gasteiger charge is -2.27. The fraction of sp³-hybridized carbons (Fsp3) is 0.435. The molecule has 9 nitrogen and oxygen atoms in total. The van der Waals surface area contributed by atoms with Gasteiger partial charge in [-0.25, -0.2) is 5.01 Å². The maximum atomic E-state index is 13.5. The second-order valence-electron chi connectivity index (χ2n) is 7.33. The third-order valence-electron chi connectivity index (χ3n) is 5.28. The predicted molar refractivity (Wildman–Crippen MR) is 125 cm³/mol. The van der Waals surface area contributed by atoms with Gasteiger partial charge in [0, 0.05) is 32.7 Å². The van der Waals surface area contributed by atoms with E-state index in [0.29, 0.717) is 24.5 Å². The topological polar surface area (TPSA) is 89.9 Å². The molecule has 178 valence electrons. The zero-order valence-corrected chi connectivity index (χ0v) is 20.1. The van der Waals surface area contributed by atoms with Gasteiger partial charge < -0.3 is 23.8 Å². The molecule has 0 spiro atoms. The first-order valence-electron chi connectivity index (χ1n) is 10.4. The van der Waals surface area contributed by atoms with Crippen molar-refractivity contribution in [3.8, 4) is 11.5 Å². The van der Waals surface area contributed by atoms with Crippen molar-refractivity contribution in [2.24, 2.45) is 5.10 Å². The number of hydrogen-bond acceptors (Lipinski definition) is 8. The molecule has 1 aliphatic rings. The van der Waals surface area contributed by atoms with Gasteiger partial charge in [0.2, 0.25) is 5.91 Å². The summed E-state index contributed by atoms with van der Waals surface area (Å²) in [5, 5.41) is 8.09. The molecule has 1 aromatic carbocycles. The van der Waals surface area contributed by atoms with Gasteiger partial charge in [0.25, 0.3) is 5.91 Å². The Kier molecular flexibility index (Phi) is 8.81. The molecule has 1 aliphatic heterocycles. The maximum Gasteiger partial charge on any atom is 0.262 e. The molecule has 0 saturated carbocycles. The van der Waals surface area contributed by atoms with Crippen molar-refractivity contribution in [3.05, 3.63) is 46.2 Å². The van der Waals surface area contributed by atoms with Crippen LogP contribution in [-0.4, -0.2) is 82.2 Å². The van der Waals surface area contributed by atoms with E-state index >= 15 is 0 Å². The van der Waals surface area contributed by atoms with Crippen LogP contribution in [0.3, 0.4) is 0 Å². The summed E-state index contributed by atoms with van der Waals surface area (Å²) in [6.45, 7) is 0.315. The van der Waals surface area contributed by atoms with E-state index in [-0.39, 0.29) is 31.5 Å². The minimum Gasteiger partial charge on any atom is -0.497 e. The molecule has 1 unspecified atom stereocenters. The predicted octanol–water partition coefficient (Wildman–Crippen LogP) is 2.56. The Morgan fingerprint density at radius 1 is 1.15 bits per heavy atom. The van der Waals surface area contributed by atoms with Crippen molar-refractivity contribution in [1.82, 2.24) is 9.91 Å². The van der Waals surface area contributed by atoms with Gasteiger partial charge in [-0.05, 0) is 29.6 Å². The van der Waals surface area contributed by atoms with Crippen LogP contribution >= 0.6 is 11.3 Å². The molecule has 2 amide bonds. The Morgan fingerprint density at radius 2 is 1.97 bits per heavy atom. The Hall–Kier alpha value is -2.95. The Morgan fingerprint density at radius 3 is 2.61 bits per heavy atom. The fourth-order valence-corrected chi connectivity index (χ4v) is 4.34. The molecule has 0 aliphatic carbocycles. The lowest BCUT2D eigenvalue weighted by molar-refractivity contribution is -0.144. The molecule has 0 fully saturated rings. The highest BCUT2D eigenvalue weighted by Crippen LogP contribution is 2.39. The van der Waals surface area contributed by atoms with Crippen molar-refractivity contribution in [3.63, 3.8) is 0 Å². The number of methoxy groups -OCH3 is 4. The minimum absolute atomic E-state index is 0.117. The van der Waals surface area contributed by atoms with Crippen molar-refractivity contribution in [2.75, 3.05) is 54.7 Å². The Balaban J connectivity index is 1.94. The minimum atomic E-state index is -0.401. The number of amides is 2. The van der Waals surface area contributed by atoms with E-state index in [9.17, 15) is 9.59 Å². The summed E-state index contributed by atoms with van der Waals surface area (Å²) in [5.41, 5.74) is 1.59. The molecule has 0 saturated heterocycles. The highest BCUT2D eigenvalue weighted by molar-refractivity contribution is 7.12. The summed E-state index contributed by atoms with van der Waals surface area (Å²) in [5.74, 6) is 0.685. The van der Waals surface area contributed by atoms with Gasteiger partial charge in [0.05, 0.1) is 37.5 Å². The first-order chi connectivity index (χ1) is 16.0. The van der Waals surface area contributed by atoms with E-state index < -0.39 is 6.04 Å². The van der Waals surface area contributed by atoms with E-state index in [1.54, 1.807) is 38.7 Å². The first-order valence-corrected chi connectivity index (χ1v) is 11.3. The van der Waals surface area contributed by atoms with E-state index in [4.69, 9.17) is 18.9 Å². The van der Waals surface area contributed by atoms with Crippen LogP contribution < -0.4 is 9.47 Å². The molecule has 1 aromatic heterocycles. The number of rotatable bonds is 11. The third-order valence-corrected chi connectivity index (χ3v) is 6.20. The summed E-state index contributed by atoms with van der Waals surface area (Å²) in [7, 11) is 6.16. The summed E-state index contributed by atoms with van der Waals surface area (Å²) in [6, 6.07) is 9.00. The summed E-state index contributed by atoms with van der Waals surface area (Å²) < 4.78 is 21.1. The third kappa shape index (κ3) is 5.89. The van der Waals surface area contributed by atoms with E-state index in [2.05, 4.69) is 5.10 Å². The smallest absolute Gasteiger partial charge is 0.262 e. The van der Waals surface area contributed by atoms with Crippen molar-refractivity contribution >= 4 is 28.9 Å². The van der Waals surface area contributed by atoms with Gasteiger partial charge >= 0.3 is 0 Å². The van der Waals surface area contributed by atoms with Crippen LogP contribution in [0.25, 0.3) is 0 Å². The molecular formula is C23H29N3O6S. The van der Waals surface area contributed by atoms with Crippen LogP contribution in [0.2, 0.25) is 0 Å². The number of thiophene rings is 1. The second kappa shape index (κ2) is 11.8. The molecule has 10 heteroatoms. The van der Waals surface area contributed by atoms with Crippen molar-refractivity contribution < 1.29 is 28.5 Å². The van der Waals surface area contributed by atoms with Gasteiger partial charge in [-0.15, -0.1) is 11.3 Å². The maximum absolute atomic E-state index is 13.5. The molecule has 2 heterocycles. The van der Waals surface area contributed by atoms with Gasteiger partial charge in [0.1, 0.15) is 24.7 Å². The number of ether oxygens (including phenoxy) is 4. The summed E-state index contributed by atoms with van der Waals surface area (Å²) in [4.78, 5) is 28.4. The number of hydrazone groups is 1. The average molecular weight is 476 g/mol. The lowest BCUT2D eigenvalue weighted by Crippen LogP contribution is -2.44. The van der Waals surface area contributed by atoms with E-state index in [0.717, 1.165) is 16.2 Å². The second-order valence-corrected chi connectivity index (χ2v) is 8.28. The molecule has 2 aromatic rings. The molecule has 0 radical (unpaired) electrons. The number of carbonyl (C=O) groups excluding carboxylic acids is 2. The highest BCUT2D eigenvalue weighted by Gasteiger charge is 2.36. The molecule has 0 N–H and O–H groups in total. The molecule has 3 rings (SSSR count). The molecule has 1 atom stereocenters. The zero-order valence-electron chi connectivity index (χ0n) is 19.3. The van der Waals surface area contributed by atoms with Crippen LogP contribution in [-0.2, 0) is 19.1 Å². The van der Waals surface area contributed by atoms with Gasteiger partial charge in [-0.2, -0.15) is 5.10 Å². The zero-order chi connectivity index (χ0) is 23.8. The van der Waals surface area contributed by atoms with Crippen LogP contribution in [0.4, 0.5) is 0 Å². The number of nitrogens with zero attached hydrogens (tertiary/aromatic N) is 3. The van der Waals surface area contributed by atoms with Crippen LogP contribution in [0.15, 0.2) is 40.8 Å². The lowest BCUT2D eigenvalue weighted by atomic mass is 9.99. The summed E-state index contributed by atoms with van der Waals surface area (Å²) >= 11 is 1.56. The van der Waals surface area contributed by atoms with Crippen molar-refractivity contribution in [1.29, 1.82) is 0 Å². The van der Waals surface area contributed by atoms with Crippen molar-refractivity contribution in [2.45, 2.75) is 12.5 Å². The summed E-state index contributed by atoms with van der Waals surface area (Å²) in [6.07, 6.45) is 0.514. The Bertz CT molecular complexity index is 979. The number of hydrogen-bond donors (Lipinski definition) is 0. The average Bonchev–Trinajstić information content (AvgIpc) is 3.51. The molecule has 0 bridgehead atoms. The SMILES string of the molecule is COCCN(CC(=O)N1N=C(c2cccs2)CC1c1cc(OC)ccc1OC)C(=O)COC. The number of benzene rings is 1. The van der Waals surface area contributed by atoms with Gasteiger partial charge in [-0.3, -0.25) is 9.59 Å². The van der Waals surface area contributed by atoms with E-state index in [1.807, 2.05) is 29.6 Å². The normalized spacial score (nSPS) is 15.3. The number of carbonyl (C=O) groups is 2.